The third-order valence-corrected chi connectivity index (χ3v) is 1.85. The molecule has 0 radical (unpaired) electrons. The molecular weight excluding hydrogens is 186 g/mol. The summed E-state index contributed by atoms with van der Waals surface area (Å²) in [4.78, 5) is 1.80. The molecular formula is C7H15ClF2N2. The molecule has 74 valence electrons. The van der Waals surface area contributed by atoms with E-state index in [-0.39, 0.29) is 19.0 Å². The fraction of sp³-hybridized carbons (Fsp3) is 1.00. The van der Waals surface area contributed by atoms with Crippen molar-refractivity contribution in [1.82, 2.24) is 10.2 Å². The molecule has 0 aromatic carbocycles. The molecule has 2 nitrogen and oxygen atoms in total. The highest BCUT2D eigenvalue weighted by Gasteiger charge is 2.18. The Morgan fingerprint density at radius 2 is 2.25 bits per heavy atom. The van der Waals surface area contributed by atoms with Crippen LogP contribution in [0.3, 0.4) is 0 Å². The van der Waals surface area contributed by atoms with E-state index in [0.717, 1.165) is 19.6 Å². The summed E-state index contributed by atoms with van der Waals surface area (Å²) in [6.07, 6.45) is -2.19. The van der Waals surface area contributed by atoms with Crippen LogP contribution in [-0.4, -0.2) is 43.5 Å². The summed E-state index contributed by atoms with van der Waals surface area (Å²) in [7, 11) is 0. The molecule has 1 N–H and O–H groups in total. The van der Waals surface area contributed by atoms with Crippen molar-refractivity contribution in [3.63, 3.8) is 0 Å². The van der Waals surface area contributed by atoms with Crippen molar-refractivity contribution in [3.8, 4) is 0 Å². The van der Waals surface area contributed by atoms with Crippen LogP contribution in [-0.2, 0) is 0 Å². The standard InChI is InChI=1S/C7H14F2N2.ClH/c1-6-4-11(3-2-10-6)5-7(8)9;/h6-7,10H,2-5H2,1H3;1H/t6-;/m1./s1. The first kappa shape index (κ1) is 12.1. The second kappa shape index (κ2) is 5.67. The van der Waals surface area contributed by atoms with Crippen molar-refractivity contribution in [1.29, 1.82) is 0 Å². The average molecular weight is 201 g/mol. The summed E-state index contributed by atoms with van der Waals surface area (Å²) in [6.45, 7) is 4.25. The first-order valence-corrected chi connectivity index (χ1v) is 3.92. The maximum atomic E-state index is 11.9. The largest absolute Gasteiger partial charge is 0.312 e. The minimum atomic E-state index is -2.19. The molecule has 1 atom stereocenters. The van der Waals surface area contributed by atoms with Gasteiger partial charge in [0.05, 0.1) is 6.54 Å². The van der Waals surface area contributed by atoms with Crippen LogP contribution in [0.5, 0.6) is 0 Å². The summed E-state index contributed by atoms with van der Waals surface area (Å²) in [5.74, 6) is 0. The van der Waals surface area contributed by atoms with Crippen LogP contribution in [0.2, 0.25) is 0 Å². The van der Waals surface area contributed by atoms with E-state index < -0.39 is 6.43 Å². The van der Waals surface area contributed by atoms with E-state index >= 15 is 0 Å². The molecule has 0 saturated carbocycles. The predicted molar refractivity (Wildman–Crippen MR) is 47.2 cm³/mol. The van der Waals surface area contributed by atoms with E-state index in [4.69, 9.17) is 0 Å². The Labute approximate surface area is 77.7 Å². The fourth-order valence-corrected chi connectivity index (χ4v) is 1.37. The van der Waals surface area contributed by atoms with Gasteiger partial charge in [0.1, 0.15) is 0 Å². The van der Waals surface area contributed by atoms with Crippen molar-refractivity contribution in [2.45, 2.75) is 19.4 Å². The lowest BCUT2D eigenvalue weighted by molar-refractivity contribution is 0.0747. The van der Waals surface area contributed by atoms with Crippen LogP contribution in [0.15, 0.2) is 0 Å². The zero-order chi connectivity index (χ0) is 8.27. The molecule has 12 heavy (non-hydrogen) atoms. The lowest BCUT2D eigenvalue weighted by Gasteiger charge is -2.31. The topological polar surface area (TPSA) is 15.3 Å². The van der Waals surface area contributed by atoms with Gasteiger partial charge in [-0.1, -0.05) is 0 Å². The Balaban J connectivity index is 0.00000121. The van der Waals surface area contributed by atoms with E-state index in [1.54, 1.807) is 4.90 Å². The van der Waals surface area contributed by atoms with Gasteiger partial charge in [0.25, 0.3) is 6.43 Å². The Morgan fingerprint density at radius 1 is 1.58 bits per heavy atom. The molecule has 1 heterocycles. The van der Waals surface area contributed by atoms with Crippen LogP contribution < -0.4 is 5.32 Å². The third-order valence-electron chi connectivity index (χ3n) is 1.85. The number of hydrogen-bond donors (Lipinski definition) is 1. The smallest absolute Gasteiger partial charge is 0.251 e. The van der Waals surface area contributed by atoms with Crippen LogP contribution >= 0.6 is 12.4 Å². The quantitative estimate of drug-likeness (QED) is 0.715. The minimum Gasteiger partial charge on any atom is -0.312 e. The van der Waals surface area contributed by atoms with Gasteiger partial charge >= 0.3 is 0 Å². The van der Waals surface area contributed by atoms with Gasteiger partial charge in [-0.25, -0.2) is 8.78 Å². The van der Waals surface area contributed by atoms with Crippen molar-refractivity contribution < 1.29 is 8.78 Å². The van der Waals surface area contributed by atoms with Gasteiger partial charge in [-0.15, -0.1) is 12.4 Å². The Bertz CT molecular complexity index is 122. The summed E-state index contributed by atoms with van der Waals surface area (Å²) in [5, 5.41) is 3.20. The fourth-order valence-electron chi connectivity index (χ4n) is 1.37. The van der Waals surface area contributed by atoms with Gasteiger partial charge in [0, 0.05) is 25.7 Å². The SMILES string of the molecule is C[C@@H]1CN(CC(F)F)CCN1.Cl. The molecule has 0 bridgehead atoms. The Kier molecular flexibility index (Phi) is 5.70. The number of alkyl halides is 2. The van der Waals surface area contributed by atoms with Gasteiger partial charge < -0.3 is 5.32 Å². The summed E-state index contributed by atoms with van der Waals surface area (Å²) in [5.41, 5.74) is 0. The van der Waals surface area contributed by atoms with Crippen LogP contribution in [0.1, 0.15) is 6.92 Å². The first-order valence-electron chi connectivity index (χ1n) is 3.92. The van der Waals surface area contributed by atoms with Gasteiger partial charge in [-0.05, 0) is 6.92 Å². The van der Waals surface area contributed by atoms with Crippen LogP contribution in [0.4, 0.5) is 8.78 Å². The Morgan fingerprint density at radius 3 is 2.75 bits per heavy atom. The van der Waals surface area contributed by atoms with E-state index in [9.17, 15) is 8.78 Å². The highest BCUT2D eigenvalue weighted by atomic mass is 35.5. The molecule has 0 aromatic rings. The zero-order valence-electron chi connectivity index (χ0n) is 7.09. The van der Waals surface area contributed by atoms with Crippen molar-refractivity contribution in [2.75, 3.05) is 26.2 Å². The number of nitrogens with zero attached hydrogens (tertiary/aromatic N) is 1. The van der Waals surface area contributed by atoms with Crippen LogP contribution in [0, 0.1) is 0 Å². The molecule has 0 spiro atoms. The minimum absolute atomic E-state index is 0. The van der Waals surface area contributed by atoms with E-state index in [2.05, 4.69) is 5.32 Å². The first-order chi connectivity index (χ1) is 5.18. The normalized spacial score (nSPS) is 25.5. The molecule has 5 heteroatoms. The van der Waals surface area contributed by atoms with E-state index in [1.165, 1.54) is 0 Å². The monoisotopic (exact) mass is 200 g/mol. The van der Waals surface area contributed by atoms with Gasteiger partial charge in [-0.2, -0.15) is 0 Å². The van der Waals surface area contributed by atoms with Crippen molar-refractivity contribution >= 4 is 12.4 Å². The summed E-state index contributed by atoms with van der Waals surface area (Å²) < 4.78 is 23.8. The lowest BCUT2D eigenvalue weighted by atomic mass is 10.2. The second-order valence-electron chi connectivity index (χ2n) is 3.01. The Hall–Kier alpha value is 0.0700. The summed E-state index contributed by atoms with van der Waals surface area (Å²) >= 11 is 0. The van der Waals surface area contributed by atoms with Gasteiger partial charge in [-0.3, -0.25) is 4.90 Å². The maximum absolute atomic E-state index is 11.9. The van der Waals surface area contributed by atoms with E-state index in [0.29, 0.717) is 6.04 Å². The predicted octanol–water partition coefficient (Wildman–Crippen LogP) is 0.967. The average Bonchev–Trinajstić information content (AvgIpc) is 1.85. The molecule has 0 aliphatic carbocycles. The van der Waals surface area contributed by atoms with Crippen molar-refractivity contribution in [3.05, 3.63) is 0 Å². The molecule has 1 aliphatic rings. The van der Waals surface area contributed by atoms with Crippen molar-refractivity contribution in [2.24, 2.45) is 0 Å². The zero-order valence-corrected chi connectivity index (χ0v) is 7.91. The molecule has 1 fully saturated rings. The lowest BCUT2D eigenvalue weighted by Crippen LogP contribution is -2.50. The number of piperazine rings is 1. The van der Waals surface area contributed by atoms with Gasteiger partial charge in [0.2, 0.25) is 0 Å². The number of rotatable bonds is 2. The molecule has 0 amide bonds. The molecule has 1 saturated heterocycles. The summed E-state index contributed by atoms with van der Waals surface area (Å²) in [6, 6.07) is 0.350. The molecule has 1 rings (SSSR count). The van der Waals surface area contributed by atoms with Gasteiger partial charge in [0.15, 0.2) is 0 Å². The number of nitrogens with one attached hydrogen (secondary N) is 1. The third kappa shape index (κ3) is 4.18. The second-order valence-corrected chi connectivity index (χ2v) is 3.01. The number of halogens is 3. The van der Waals surface area contributed by atoms with Crippen LogP contribution in [0.25, 0.3) is 0 Å². The highest BCUT2D eigenvalue weighted by molar-refractivity contribution is 5.85. The maximum Gasteiger partial charge on any atom is 0.251 e. The highest BCUT2D eigenvalue weighted by Crippen LogP contribution is 2.02. The molecule has 0 unspecified atom stereocenters. The number of hydrogen-bond acceptors (Lipinski definition) is 2. The molecule has 1 aliphatic heterocycles. The molecule has 0 aromatic heterocycles. The van der Waals surface area contributed by atoms with E-state index in [1.807, 2.05) is 6.92 Å².